The van der Waals surface area contributed by atoms with Gasteiger partial charge in [-0.3, -0.25) is 4.98 Å². The topological polar surface area (TPSA) is 47.0 Å². The Balaban J connectivity index is 1.90. The van der Waals surface area contributed by atoms with Crippen LogP contribution in [0.2, 0.25) is 0 Å². The summed E-state index contributed by atoms with van der Waals surface area (Å²) in [5.41, 5.74) is 0. The molecule has 0 aromatic carbocycles. The minimum atomic E-state index is 0.161. The highest BCUT2D eigenvalue weighted by Gasteiger charge is 2.22. The lowest BCUT2D eigenvalue weighted by Gasteiger charge is -2.19. The Morgan fingerprint density at radius 1 is 1.57 bits per heavy atom. The molecule has 14 heavy (non-hydrogen) atoms. The lowest BCUT2D eigenvalue weighted by molar-refractivity contribution is 0.172. The quantitative estimate of drug-likeness (QED) is 0.777. The molecule has 1 aliphatic rings. The molecule has 0 radical (unpaired) electrons. The van der Waals surface area contributed by atoms with Crippen LogP contribution in [0.5, 0.6) is 5.88 Å². The average molecular weight is 193 g/mol. The molecule has 0 aliphatic carbocycles. The van der Waals surface area contributed by atoms with Crippen LogP contribution >= 0.6 is 0 Å². The van der Waals surface area contributed by atoms with E-state index < -0.39 is 0 Å². The van der Waals surface area contributed by atoms with Gasteiger partial charge in [-0.25, -0.2) is 4.98 Å². The SMILES string of the molecule is CC(Oc1cnccn1)C1CCCN1. The molecule has 1 aliphatic heterocycles. The molecule has 2 unspecified atom stereocenters. The van der Waals surface area contributed by atoms with Crippen LogP contribution in [-0.4, -0.2) is 28.7 Å². The summed E-state index contributed by atoms with van der Waals surface area (Å²) in [6, 6.07) is 0.456. The molecule has 1 aromatic heterocycles. The predicted octanol–water partition coefficient (Wildman–Crippen LogP) is 0.996. The number of ether oxygens (including phenoxy) is 1. The van der Waals surface area contributed by atoms with Crippen LogP contribution in [0.1, 0.15) is 19.8 Å². The van der Waals surface area contributed by atoms with Crippen LogP contribution in [-0.2, 0) is 0 Å². The van der Waals surface area contributed by atoms with Crippen LogP contribution in [0.15, 0.2) is 18.6 Å². The monoisotopic (exact) mass is 193 g/mol. The van der Waals surface area contributed by atoms with Gasteiger partial charge in [0.15, 0.2) is 0 Å². The fourth-order valence-electron chi connectivity index (χ4n) is 1.73. The molecule has 76 valence electrons. The predicted molar refractivity (Wildman–Crippen MR) is 53.1 cm³/mol. The third-order valence-corrected chi connectivity index (χ3v) is 2.51. The Bertz CT molecular complexity index is 272. The van der Waals surface area contributed by atoms with Gasteiger partial charge in [-0.15, -0.1) is 0 Å². The first kappa shape index (κ1) is 9.40. The maximum absolute atomic E-state index is 5.66. The number of hydrogen-bond acceptors (Lipinski definition) is 4. The van der Waals surface area contributed by atoms with Crippen molar-refractivity contribution in [2.75, 3.05) is 6.54 Å². The van der Waals surface area contributed by atoms with Crippen molar-refractivity contribution in [1.82, 2.24) is 15.3 Å². The van der Waals surface area contributed by atoms with E-state index in [1.807, 2.05) is 0 Å². The van der Waals surface area contributed by atoms with E-state index in [9.17, 15) is 0 Å². The van der Waals surface area contributed by atoms with Gasteiger partial charge in [0.05, 0.1) is 6.20 Å². The second-order valence-corrected chi connectivity index (χ2v) is 3.57. The second-order valence-electron chi connectivity index (χ2n) is 3.57. The van der Waals surface area contributed by atoms with E-state index in [4.69, 9.17) is 4.74 Å². The molecule has 1 saturated heterocycles. The van der Waals surface area contributed by atoms with Gasteiger partial charge < -0.3 is 10.1 Å². The summed E-state index contributed by atoms with van der Waals surface area (Å²) in [4.78, 5) is 8.03. The van der Waals surface area contributed by atoms with Crippen LogP contribution in [0.4, 0.5) is 0 Å². The molecule has 0 spiro atoms. The van der Waals surface area contributed by atoms with Gasteiger partial charge in [0, 0.05) is 18.4 Å². The molecule has 2 atom stereocenters. The van der Waals surface area contributed by atoms with E-state index in [2.05, 4.69) is 22.2 Å². The van der Waals surface area contributed by atoms with Gasteiger partial charge in [0.25, 0.3) is 0 Å². The minimum Gasteiger partial charge on any atom is -0.472 e. The molecule has 0 saturated carbocycles. The third kappa shape index (κ3) is 2.20. The first-order valence-corrected chi connectivity index (χ1v) is 5.02. The van der Waals surface area contributed by atoms with E-state index >= 15 is 0 Å². The molecule has 0 amide bonds. The average Bonchev–Trinajstić information content (AvgIpc) is 2.72. The summed E-state index contributed by atoms with van der Waals surface area (Å²) in [5, 5.41) is 3.40. The van der Waals surface area contributed by atoms with Crippen LogP contribution in [0, 0.1) is 0 Å². The summed E-state index contributed by atoms with van der Waals surface area (Å²) in [6.45, 7) is 3.16. The summed E-state index contributed by atoms with van der Waals surface area (Å²) < 4.78 is 5.66. The van der Waals surface area contributed by atoms with Gasteiger partial charge in [-0.2, -0.15) is 0 Å². The summed E-state index contributed by atoms with van der Waals surface area (Å²) in [6.07, 6.45) is 7.51. The van der Waals surface area contributed by atoms with E-state index in [0.29, 0.717) is 11.9 Å². The Morgan fingerprint density at radius 2 is 2.50 bits per heavy atom. The fourth-order valence-corrected chi connectivity index (χ4v) is 1.73. The number of rotatable bonds is 3. The number of aromatic nitrogens is 2. The van der Waals surface area contributed by atoms with Crippen molar-refractivity contribution in [2.45, 2.75) is 31.9 Å². The molecule has 1 fully saturated rings. The molecule has 1 N–H and O–H groups in total. The van der Waals surface area contributed by atoms with E-state index in [0.717, 1.165) is 6.54 Å². The Hall–Kier alpha value is -1.16. The van der Waals surface area contributed by atoms with Gasteiger partial charge in [0.2, 0.25) is 5.88 Å². The van der Waals surface area contributed by atoms with Gasteiger partial charge in [0.1, 0.15) is 6.10 Å². The van der Waals surface area contributed by atoms with Crippen molar-refractivity contribution in [1.29, 1.82) is 0 Å². The fraction of sp³-hybridized carbons (Fsp3) is 0.600. The van der Waals surface area contributed by atoms with Crippen molar-refractivity contribution in [3.05, 3.63) is 18.6 Å². The standard InChI is InChI=1S/C10H15N3O/c1-8(9-3-2-4-12-9)14-10-7-11-5-6-13-10/h5-9,12H,2-4H2,1H3. The Labute approximate surface area is 83.7 Å². The third-order valence-electron chi connectivity index (χ3n) is 2.51. The summed E-state index contributed by atoms with van der Waals surface area (Å²) in [5.74, 6) is 0.605. The zero-order valence-corrected chi connectivity index (χ0v) is 8.31. The maximum atomic E-state index is 5.66. The van der Waals surface area contributed by atoms with E-state index in [1.54, 1.807) is 18.6 Å². The van der Waals surface area contributed by atoms with Gasteiger partial charge in [-0.1, -0.05) is 0 Å². The summed E-state index contributed by atoms with van der Waals surface area (Å²) in [7, 11) is 0. The molecular weight excluding hydrogens is 178 g/mol. The molecule has 4 nitrogen and oxygen atoms in total. The van der Waals surface area contributed by atoms with Crippen LogP contribution in [0.3, 0.4) is 0 Å². The van der Waals surface area contributed by atoms with Crippen molar-refractivity contribution in [3.8, 4) is 5.88 Å². The van der Waals surface area contributed by atoms with Crippen molar-refractivity contribution in [3.63, 3.8) is 0 Å². The first-order chi connectivity index (χ1) is 6.86. The maximum Gasteiger partial charge on any atom is 0.232 e. The van der Waals surface area contributed by atoms with Crippen LogP contribution in [0.25, 0.3) is 0 Å². The van der Waals surface area contributed by atoms with Crippen molar-refractivity contribution < 1.29 is 4.74 Å². The smallest absolute Gasteiger partial charge is 0.232 e. The zero-order chi connectivity index (χ0) is 9.80. The van der Waals surface area contributed by atoms with Gasteiger partial charge >= 0.3 is 0 Å². The van der Waals surface area contributed by atoms with Gasteiger partial charge in [-0.05, 0) is 26.3 Å². The zero-order valence-electron chi connectivity index (χ0n) is 8.31. The molecule has 4 heteroatoms. The Morgan fingerprint density at radius 3 is 3.14 bits per heavy atom. The molecular formula is C10H15N3O. The number of nitrogens with zero attached hydrogens (tertiary/aromatic N) is 2. The highest BCUT2D eigenvalue weighted by molar-refractivity contribution is 5.02. The highest BCUT2D eigenvalue weighted by atomic mass is 16.5. The summed E-state index contributed by atoms with van der Waals surface area (Å²) >= 11 is 0. The lowest BCUT2D eigenvalue weighted by atomic mass is 10.1. The van der Waals surface area contributed by atoms with Crippen molar-refractivity contribution in [2.24, 2.45) is 0 Å². The Kier molecular flexibility index (Phi) is 2.93. The second kappa shape index (κ2) is 4.37. The molecule has 1 aromatic rings. The van der Waals surface area contributed by atoms with Crippen molar-refractivity contribution >= 4 is 0 Å². The number of nitrogens with one attached hydrogen (secondary N) is 1. The molecule has 2 heterocycles. The largest absolute Gasteiger partial charge is 0.472 e. The highest BCUT2D eigenvalue weighted by Crippen LogP contribution is 2.13. The first-order valence-electron chi connectivity index (χ1n) is 5.02. The van der Waals surface area contributed by atoms with Crippen LogP contribution < -0.4 is 10.1 Å². The molecule has 2 rings (SSSR count). The lowest BCUT2D eigenvalue weighted by Crippen LogP contribution is -2.36. The molecule has 0 bridgehead atoms. The number of hydrogen-bond donors (Lipinski definition) is 1. The normalized spacial score (nSPS) is 23.4. The van der Waals surface area contributed by atoms with E-state index in [1.165, 1.54) is 12.8 Å². The minimum absolute atomic E-state index is 0.161. The van der Waals surface area contributed by atoms with E-state index in [-0.39, 0.29) is 6.10 Å².